The van der Waals surface area contributed by atoms with Gasteiger partial charge in [0, 0.05) is 23.9 Å². The molecule has 1 unspecified atom stereocenters. The van der Waals surface area contributed by atoms with E-state index in [1.54, 1.807) is 14.2 Å². The van der Waals surface area contributed by atoms with Gasteiger partial charge in [-0.2, -0.15) is 9.61 Å². The fourth-order valence-corrected chi connectivity index (χ4v) is 3.86. The second kappa shape index (κ2) is 8.68. The van der Waals surface area contributed by atoms with Crippen LogP contribution in [0, 0.1) is 13.8 Å². The number of anilines is 1. The molecule has 2 aromatic carbocycles. The summed E-state index contributed by atoms with van der Waals surface area (Å²) in [6, 6.07) is 18.4. The summed E-state index contributed by atoms with van der Waals surface area (Å²) in [5.41, 5.74) is 5.95. The number of aryl methyl sites for hydroxylation is 2. The molecule has 0 saturated carbocycles. The minimum atomic E-state index is 0.367. The maximum Gasteiger partial charge on any atom is 0.165 e. The van der Waals surface area contributed by atoms with Crippen LogP contribution in [0.5, 0.6) is 11.5 Å². The number of fused-ring (bicyclic) bond motifs is 1. The Morgan fingerprint density at radius 1 is 0.968 bits per heavy atom. The number of hydrogen-bond donors (Lipinski definition) is 1. The van der Waals surface area contributed by atoms with E-state index >= 15 is 0 Å². The third-order valence-corrected chi connectivity index (χ3v) is 5.52. The normalized spacial score (nSPS) is 12.0. The van der Waals surface area contributed by atoms with E-state index in [0.29, 0.717) is 17.4 Å². The van der Waals surface area contributed by atoms with Crippen molar-refractivity contribution < 1.29 is 9.47 Å². The zero-order valence-corrected chi connectivity index (χ0v) is 18.6. The molecule has 0 aliphatic rings. The highest BCUT2D eigenvalue weighted by Gasteiger charge is 2.18. The topological polar surface area (TPSA) is 60.7 Å². The Labute approximate surface area is 182 Å². The lowest BCUT2D eigenvalue weighted by Gasteiger charge is -2.15. The molecule has 6 heteroatoms. The molecule has 6 nitrogen and oxygen atoms in total. The lowest BCUT2D eigenvalue weighted by molar-refractivity contribution is 0.355. The van der Waals surface area contributed by atoms with E-state index in [4.69, 9.17) is 19.6 Å². The molecule has 0 aliphatic carbocycles. The largest absolute Gasteiger partial charge is 0.493 e. The van der Waals surface area contributed by atoms with Crippen LogP contribution in [0.15, 0.2) is 54.6 Å². The Balaban J connectivity index is 1.72. The maximum absolute atomic E-state index is 5.50. The fourth-order valence-electron chi connectivity index (χ4n) is 3.86. The van der Waals surface area contributed by atoms with Crippen LogP contribution in [-0.2, 0) is 0 Å². The monoisotopic (exact) mass is 416 g/mol. The van der Waals surface area contributed by atoms with Crippen molar-refractivity contribution in [3.05, 3.63) is 71.5 Å². The van der Waals surface area contributed by atoms with Crippen LogP contribution in [0.2, 0.25) is 0 Å². The van der Waals surface area contributed by atoms with Gasteiger partial charge in [0.25, 0.3) is 0 Å². The minimum Gasteiger partial charge on any atom is -0.493 e. The van der Waals surface area contributed by atoms with E-state index in [0.717, 1.165) is 40.5 Å². The molecule has 4 rings (SSSR count). The maximum atomic E-state index is 5.50. The molecule has 1 atom stereocenters. The lowest BCUT2D eigenvalue weighted by Crippen LogP contribution is -2.13. The van der Waals surface area contributed by atoms with E-state index < -0.39 is 0 Å². The van der Waals surface area contributed by atoms with Gasteiger partial charge in [-0.15, -0.1) is 0 Å². The third-order valence-electron chi connectivity index (χ3n) is 5.52. The molecule has 160 valence electrons. The van der Waals surface area contributed by atoms with Crippen LogP contribution in [0.25, 0.3) is 16.8 Å². The number of benzene rings is 2. The molecule has 0 fully saturated rings. The second-order valence-electron chi connectivity index (χ2n) is 7.74. The predicted molar refractivity (Wildman–Crippen MR) is 124 cm³/mol. The molecule has 0 amide bonds. The number of aromatic nitrogens is 3. The Kier molecular flexibility index (Phi) is 5.80. The van der Waals surface area contributed by atoms with Gasteiger partial charge in [-0.05, 0) is 43.0 Å². The molecule has 0 aliphatic heterocycles. The molecule has 4 aromatic rings. The van der Waals surface area contributed by atoms with Crippen molar-refractivity contribution >= 4 is 11.5 Å². The number of nitrogens with zero attached hydrogens (tertiary/aromatic N) is 3. The average molecular weight is 417 g/mol. The second-order valence-corrected chi connectivity index (χ2v) is 7.74. The van der Waals surface area contributed by atoms with Crippen LogP contribution in [0.3, 0.4) is 0 Å². The summed E-state index contributed by atoms with van der Waals surface area (Å²) in [4.78, 5) is 4.81. The van der Waals surface area contributed by atoms with Gasteiger partial charge in [-0.3, -0.25) is 0 Å². The minimum absolute atomic E-state index is 0.367. The molecule has 0 spiro atoms. The summed E-state index contributed by atoms with van der Waals surface area (Å²) in [5.74, 6) is 2.68. The highest BCUT2D eigenvalue weighted by atomic mass is 16.5. The Hall–Kier alpha value is -3.54. The van der Waals surface area contributed by atoms with Crippen molar-refractivity contribution in [3.63, 3.8) is 0 Å². The molecular weight excluding hydrogens is 388 g/mol. The Morgan fingerprint density at radius 2 is 1.71 bits per heavy atom. The van der Waals surface area contributed by atoms with Gasteiger partial charge in [0.2, 0.25) is 0 Å². The quantitative estimate of drug-likeness (QED) is 0.446. The highest BCUT2D eigenvalue weighted by molar-refractivity contribution is 5.82. The van der Waals surface area contributed by atoms with Crippen LogP contribution in [0.1, 0.15) is 29.8 Å². The van der Waals surface area contributed by atoms with E-state index in [9.17, 15) is 0 Å². The average Bonchev–Trinajstić information content (AvgIpc) is 3.12. The first-order chi connectivity index (χ1) is 15.0. The molecule has 31 heavy (non-hydrogen) atoms. The van der Waals surface area contributed by atoms with Gasteiger partial charge in [0.05, 0.1) is 19.9 Å². The van der Waals surface area contributed by atoms with Gasteiger partial charge in [0.1, 0.15) is 5.82 Å². The standard InChI is InChI=1S/C25H28N4O2/c1-16(19-9-7-6-8-10-19)15-26-23-13-17(2)27-25-24(18(3)28-29(23)25)20-11-12-21(30-4)22(14-20)31-5/h6-14,16,26H,15H2,1-5H3. The molecule has 0 bridgehead atoms. The number of ether oxygens (including phenoxy) is 2. The van der Waals surface area contributed by atoms with Gasteiger partial charge < -0.3 is 14.8 Å². The highest BCUT2D eigenvalue weighted by Crippen LogP contribution is 2.35. The SMILES string of the molecule is COc1ccc(-c2c(C)nn3c(NCC(C)c4ccccc4)cc(C)nc23)cc1OC. The van der Waals surface area contributed by atoms with Crippen molar-refractivity contribution in [1.82, 2.24) is 14.6 Å². The molecule has 1 N–H and O–H groups in total. The molecule has 2 aromatic heterocycles. The Morgan fingerprint density at radius 3 is 2.42 bits per heavy atom. The zero-order valence-electron chi connectivity index (χ0n) is 18.6. The first-order valence-corrected chi connectivity index (χ1v) is 10.4. The predicted octanol–water partition coefficient (Wildman–Crippen LogP) is 5.25. The van der Waals surface area contributed by atoms with Crippen molar-refractivity contribution in [2.24, 2.45) is 0 Å². The van der Waals surface area contributed by atoms with Crippen molar-refractivity contribution in [2.45, 2.75) is 26.7 Å². The fraction of sp³-hybridized carbons (Fsp3) is 0.280. The summed E-state index contributed by atoms with van der Waals surface area (Å²) >= 11 is 0. The lowest BCUT2D eigenvalue weighted by atomic mass is 10.0. The van der Waals surface area contributed by atoms with Crippen molar-refractivity contribution in [2.75, 3.05) is 26.1 Å². The van der Waals surface area contributed by atoms with E-state index in [-0.39, 0.29) is 0 Å². The summed E-state index contributed by atoms with van der Waals surface area (Å²) in [6.07, 6.45) is 0. The van der Waals surface area contributed by atoms with Gasteiger partial charge in [-0.25, -0.2) is 4.98 Å². The van der Waals surface area contributed by atoms with Crippen LogP contribution >= 0.6 is 0 Å². The van der Waals surface area contributed by atoms with Crippen LogP contribution < -0.4 is 14.8 Å². The van der Waals surface area contributed by atoms with Gasteiger partial charge in [-0.1, -0.05) is 43.3 Å². The first-order valence-electron chi connectivity index (χ1n) is 10.4. The number of hydrogen-bond acceptors (Lipinski definition) is 5. The Bertz CT molecular complexity index is 1200. The van der Waals surface area contributed by atoms with Gasteiger partial charge in [0.15, 0.2) is 17.1 Å². The molecule has 0 radical (unpaired) electrons. The third kappa shape index (κ3) is 4.06. The summed E-state index contributed by atoms with van der Waals surface area (Å²) in [5, 5.41) is 8.37. The number of nitrogens with one attached hydrogen (secondary N) is 1. The van der Waals surface area contributed by atoms with Crippen molar-refractivity contribution in [1.29, 1.82) is 0 Å². The number of methoxy groups -OCH3 is 2. The molecule has 2 heterocycles. The van der Waals surface area contributed by atoms with Crippen LogP contribution in [-0.4, -0.2) is 35.4 Å². The summed E-state index contributed by atoms with van der Waals surface area (Å²) in [7, 11) is 3.28. The first kappa shape index (κ1) is 20.7. The van der Waals surface area contributed by atoms with Crippen LogP contribution in [0.4, 0.5) is 5.82 Å². The van der Waals surface area contributed by atoms with Crippen molar-refractivity contribution in [3.8, 4) is 22.6 Å². The number of rotatable bonds is 7. The summed E-state index contributed by atoms with van der Waals surface area (Å²) < 4.78 is 12.8. The van der Waals surface area contributed by atoms with E-state index in [1.807, 2.05) is 48.7 Å². The van der Waals surface area contributed by atoms with E-state index in [1.165, 1.54) is 5.56 Å². The smallest absolute Gasteiger partial charge is 0.165 e. The zero-order chi connectivity index (χ0) is 22.0. The molecule has 0 saturated heterocycles. The van der Waals surface area contributed by atoms with Gasteiger partial charge >= 0.3 is 0 Å². The van der Waals surface area contributed by atoms with E-state index in [2.05, 4.69) is 36.5 Å². The summed E-state index contributed by atoms with van der Waals surface area (Å²) in [6.45, 7) is 7.03. The molecular formula is C25H28N4O2.